The van der Waals surface area contributed by atoms with Gasteiger partial charge >= 0.3 is 0 Å². The van der Waals surface area contributed by atoms with Crippen LogP contribution in [-0.2, 0) is 0 Å². The molecule has 114 valence electrons. The Morgan fingerprint density at radius 2 is 2.24 bits per heavy atom. The topological polar surface area (TPSA) is 88.2 Å². The predicted molar refractivity (Wildman–Crippen MR) is 86.4 cm³/mol. The van der Waals surface area contributed by atoms with E-state index in [9.17, 15) is 9.90 Å². The molecule has 0 aliphatic heterocycles. The summed E-state index contributed by atoms with van der Waals surface area (Å²) in [6.45, 7) is 6.14. The first kappa shape index (κ1) is 15.7. The van der Waals surface area contributed by atoms with Gasteiger partial charge < -0.3 is 16.2 Å². The van der Waals surface area contributed by atoms with E-state index in [1.54, 1.807) is 12.4 Å². The predicted octanol–water partition coefficient (Wildman–Crippen LogP) is 2.41. The fraction of sp³-hybridized carbons (Fsp3) is 0.467. The van der Waals surface area contributed by atoms with Crippen molar-refractivity contribution in [2.45, 2.75) is 33.2 Å². The number of nitrogens with two attached hydrogens (primary N) is 1. The number of aromatic nitrogens is 1. The van der Waals surface area contributed by atoms with Gasteiger partial charge in [-0.25, -0.2) is 0 Å². The molecule has 0 aromatic carbocycles. The fourth-order valence-electron chi connectivity index (χ4n) is 2.21. The molecule has 0 spiro atoms. The van der Waals surface area contributed by atoms with Crippen molar-refractivity contribution in [3.05, 3.63) is 23.3 Å². The second-order valence-corrected chi connectivity index (χ2v) is 7.17. The maximum absolute atomic E-state index is 12.5. The molecule has 2 rings (SSSR count). The first-order valence-electron chi connectivity index (χ1n) is 6.88. The lowest BCUT2D eigenvalue weighted by Crippen LogP contribution is -2.44. The van der Waals surface area contributed by atoms with Gasteiger partial charge in [0.2, 0.25) is 0 Å². The van der Waals surface area contributed by atoms with Gasteiger partial charge in [-0.2, -0.15) is 0 Å². The second kappa shape index (κ2) is 5.99. The van der Waals surface area contributed by atoms with Crippen LogP contribution in [0.2, 0.25) is 0 Å². The molecule has 1 unspecified atom stereocenters. The van der Waals surface area contributed by atoms with Crippen LogP contribution in [0.15, 0.2) is 18.5 Å². The van der Waals surface area contributed by atoms with Gasteiger partial charge in [0.1, 0.15) is 4.88 Å². The van der Waals surface area contributed by atoms with Gasteiger partial charge in [0, 0.05) is 30.4 Å². The fourth-order valence-corrected chi connectivity index (χ4v) is 3.21. The Morgan fingerprint density at radius 1 is 1.52 bits per heavy atom. The maximum atomic E-state index is 12.5. The summed E-state index contributed by atoms with van der Waals surface area (Å²) in [7, 11) is 0. The first-order chi connectivity index (χ1) is 9.84. The van der Waals surface area contributed by atoms with Crippen LogP contribution in [-0.4, -0.2) is 28.6 Å². The van der Waals surface area contributed by atoms with Crippen LogP contribution in [0, 0.1) is 5.41 Å². The van der Waals surface area contributed by atoms with Gasteiger partial charge in [-0.05, 0) is 17.9 Å². The largest absolute Gasteiger partial charge is 0.397 e. The van der Waals surface area contributed by atoms with Crippen LogP contribution in [0.4, 0.5) is 5.69 Å². The highest BCUT2D eigenvalue weighted by atomic mass is 32.1. The molecule has 0 radical (unpaired) electrons. The van der Waals surface area contributed by atoms with Gasteiger partial charge in [-0.3, -0.25) is 9.78 Å². The molecule has 2 aromatic heterocycles. The van der Waals surface area contributed by atoms with E-state index >= 15 is 0 Å². The number of nitrogens with zero attached hydrogens (tertiary/aromatic N) is 1. The molecule has 0 saturated heterocycles. The summed E-state index contributed by atoms with van der Waals surface area (Å²) in [5.41, 5.74) is 6.43. The molecule has 21 heavy (non-hydrogen) atoms. The number of amides is 1. The third-order valence-electron chi connectivity index (χ3n) is 3.51. The Bertz CT molecular complexity index is 646. The Balaban J connectivity index is 2.27. The van der Waals surface area contributed by atoms with Crippen LogP contribution in [0.1, 0.15) is 36.9 Å². The molecule has 2 heterocycles. The molecule has 0 aliphatic rings. The minimum Gasteiger partial charge on any atom is -0.397 e. The normalized spacial score (nSPS) is 13.3. The highest BCUT2D eigenvalue weighted by molar-refractivity contribution is 7.21. The molecule has 0 aliphatic carbocycles. The van der Waals surface area contributed by atoms with Crippen molar-refractivity contribution in [2.75, 3.05) is 12.3 Å². The molecule has 0 bridgehead atoms. The monoisotopic (exact) mass is 307 g/mol. The average molecular weight is 307 g/mol. The zero-order valence-electron chi connectivity index (χ0n) is 12.5. The van der Waals surface area contributed by atoms with Crippen LogP contribution in [0.3, 0.4) is 0 Å². The number of aliphatic hydroxyl groups excluding tert-OH is 1. The van der Waals surface area contributed by atoms with Crippen molar-refractivity contribution in [3.8, 4) is 0 Å². The summed E-state index contributed by atoms with van der Waals surface area (Å²) in [5, 5.41) is 13.0. The highest BCUT2D eigenvalue weighted by Gasteiger charge is 2.27. The molecule has 6 heteroatoms. The third-order valence-corrected chi connectivity index (χ3v) is 4.66. The van der Waals surface area contributed by atoms with E-state index in [1.165, 1.54) is 11.3 Å². The summed E-state index contributed by atoms with van der Waals surface area (Å²) >= 11 is 1.34. The van der Waals surface area contributed by atoms with E-state index in [0.717, 1.165) is 10.1 Å². The van der Waals surface area contributed by atoms with Crippen LogP contribution < -0.4 is 11.1 Å². The number of rotatable bonds is 4. The van der Waals surface area contributed by atoms with E-state index < -0.39 is 0 Å². The van der Waals surface area contributed by atoms with Gasteiger partial charge in [0.15, 0.2) is 0 Å². The molecular weight excluding hydrogens is 286 g/mol. The Morgan fingerprint density at radius 3 is 2.81 bits per heavy atom. The number of pyridine rings is 1. The van der Waals surface area contributed by atoms with Crippen LogP contribution >= 0.6 is 11.3 Å². The molecule has 0 fully saturated rings. The lowest BCUT2D eigenvalue weighted by Gasteiger charge is -2.31. The van der Waals surface area contributed by atoms with Crippen molar-refractivity contribution in [1.29, 1.82) is 0 Å². The number of carbonyl (C=O) groups is 1. The molecule has 1 amide bonds. The zero-order chi connectivity index (χ0) is 15.6. The highest BCUT2D eigenvalue weighted by Crippen LogP contribution is 2.33. The Kier molecular flexibility index (Phi) is 4.49. The van der Waals surface area contributed by atoms with Gasteiger partial charge in [-0.15, -0.1) is 11.3 Å². The molecule has 0 saturated carbocycles. The van der Waals surface area contributed by atoms with Crippen LogP contribution in [0.5, 0.6) is 0 Å². The van der Waals surface area contributed by atoms with Crippen molar-refractivity contribution in [2.24, 2.45) is 5.41 Å². The number of hydrogen-bond donors (Lipinski definition) is 3. The standard InChI is InChI=1S/C15H21N3O2S/c1-15(2,3)11(5-7-19)18-14(20)13-12(16)9-4-6-17-8-10(9)21-13/h4,6,8,11,19H,5,7,16H2,1-3H3,(H,18,20). The van der Waals surface area contributed by atoms with E-state index in [2.05, 4.69) is 10.3 Å². The molecular formula is C15H21N3O2S. The van der Waals surface area contributed by atoms with Gasteiger partial charge in [0.25, 0.3) is 5.91 Å². The molecule has 5 nitrogen and oxygen atoms in total. The minimum atomic E-state index is -0.193. The first-order valence-corrected chi connectivity index (χ1v) is 7.70. The Labute approximate surface area is 128 Å². The van der Waals surface area contributed by atoms with Crippen LogP contribution in [0.25, 0.3) is 10.1 Å². The number of anilines is 1. The third kappa shape index (κ3) is 3.33. The minimum absolute atomic E-state index is 0.0357. The lowest BCUT2D eigenvalue weighted by molar-refractivity contribution is 0.0890. The maximum Gasteiger partial charge on any atom is 0.263 e. The summed E-state index contributed by atoms with van der Waals surface area (Å²) in [5.74, 6) is -0.193. The smallest absolute Gasteiger partial charge is 0.263 e. The number of nitrogen functional groups attached to an aromatic ring is 1. The van der Waals surface area contributed by atoms with Crippen molar-refractivity contribution in [1.82, 2.24) is 10.3 Å². The van der Waals surface area contributed by atoms with E-state index in [1.807, 2.05) is 26.8 Å². The molecule has 4 N–H and O–H groups in total. The SMILES string of the molecule is CC(C)(C)C(CCO)NC(=O)c1sc2cnccc2c1N. The second-order valence-electron chi connectivity index (χ2n) is 6.12. The summed E-state index contributed by atoms with van der Waals surface area (Å²) in [4.78, 5) is 17.0. The number of nitrogens with one attached hydrogen (secondary N) is 1. The zero-order valence-corrected chi connectivity index (χ0v) is 13.3. The quantitative estimate of drug-likeness (QED) is 0.809. The van der Waals surface area contributed by atoms with E-state index in [0.29, 0.717) is 17.0 Å². The van der Waals surface area contributed by atoms with Crippen molar-refractivity contribution < 1.29 is 9.90 Å². The Hall–Kier alpha value is -1.66. The lowest BCUT2D eigenvalue weighted by atomic mass is 9.85. The summed E-state index contributed by atoms with van der Waals surface area (Å²) in [6, 6.07) is 1.70. The van der Waals surface area contributed by atoms with Gasteiger partial charge in [-0.1, -0.05) is 20.8 Å². The number of carbonyl (C=O) groups excluding carboxylic acids is 1. The number of hydrogen-bond acceptors (Lipinski definition) is 5. The van der Waals surface area contributed by atoms with Crippen molar-refractivity contribution in [3.63, 3.8) is 0 Å². The molecule has 1 atom stereocenters. The average Bonchev–Trinajstić information content (AvgIpc) is 2.75. The van der Waals surface area contributed by atoms with Gasteiger partial charge in [0.05, 0.1) is 10.4 Å². The molecule has 2 aromatic rings. The summed E-state index contributed by atoms with van der Waals surface area (Å²) < 4.78 is 0.898. The van der Waals surface area contributed by atoms with E-state index in [-0.39, 0.29) is 24.0 Å². The number of aliphatic hydroxyl groups is 1. The van der Waals surface area contributed by atoms with Crippen molar-refractivity contribution >= 4 is 33.0 Å². The van der Waals surface area contributed by atoms with E-state index in [4.69, 9.17) is 5.73 Å². The number of thiophene rings is 1. The number of fused-ring (bicyclic) bond motifs is 1. The summed E-state index contributed by atoms with van der Waals surface area (Å²) in [6.07, 6.45) is 3.89.